The predicted molar refractivity (Wildman–Crippen MR) is 127 cm³/mol. The van der Waals surface area contributed by atoms with Gasteiger partial charge in [0.15, 0.2) is 0 Å². The lowest BCUT2D eigenvalue weighted by molar-refractivity contribution is -0.124. The van der Waals surface area contributed by atoms with Gasteiger partial charge in [-0.2, -0.15) is 0 Å². The number of nitrogens with zero attached hydrogens (tertiary/aromatic N) is 1. The molecule has 1 aliphatic rings. The second kappa shape index (κ2) is 12.3. The number of aryl methyl sites for hydroxylation is 1. The second-order valence-corrected chi connectivity index (χ2v) is 8.56. The first-order chi connectivity index (χ1) is 16.4. The number of hydrogen-bond donors (Lipinski definition) is 2. The van der Waals surface area contributed by atoms with Crippen molar-refractivity contribution in [3.8, 4) is 0 Å². The summed E-state index contributed by atoms with van der Waals surface area (Å²) in [6.45, 7) is 3.83. The fraction of sp³-hybridized carbons (Fsp3) is 0.423. The van der Waals surface area contributed by atoms with E-state index in [-0.39, 0.29) is 23.3 Å². The first-order valence-corrected chi connectivity index (χ1v) is 11.6. The van der Waals surface area contributed by atoms with Gasteiger partial charge in [0, 0.05) is 38.9 Å². The van der Waals surface area contributed by atoms with Crippen molar-refractivity contribution in [2.45, 2.75) is 32.2 Å². The topological polar surface area (TPSA) is 87.7 Å². The Hall–Kier alpha value is -3.26. The minimum absolute atomic E-state index is 0.0468. The Balaban J connectivity index is 1.67. The summed E-state index contributed by atoms with van der Waals surface area (Å²) in [5, 5.41) is 5.58. The van der Waals surface area contributed by atoms with Crippen LogP contribution in [0.5, 0.6) is 0 Å². The number of carbonyl (C=O) groups excluding carboxylic acids is 3. The largest absolute Gasteiger partial charge is 0.385 e. The minimum atomic E-state index is -0.828. The van der Waals surface area contributed by atoms with E-state index in [2.05, 4.69) is 10.6 Å². The smallest absolute Gasteiger partial charge is 0.254 e. The molecule has 34 heavy (non-hydrogen) atoms. The van der Waals surface area contributed by atoms with Crippen LogP contribution >= 0.6 is 0 Å². The summed E-state index contributed by atoms with van der Waals surface area (Å²) >= 11 is 0. The maximum atomic E-state index is 14.1. The zero-order valence-corrected chi connectivity index (χ0v) is 19.7. The number of methoxy groups -OCH3 is 1. The monoisotopic (exact) mass is 469 g/mol. The van der Waals surface area contributed by atoms with E-state index >= 15 is 0 Å². The van der Waals surface area contributed by atoms with Crippen molar-refractivity contribution < 1.29 is 23.5 Å². The molecule has 1 aliphatic heterocycles. The van der Waals surface area contributed by atoms with Gasteiger partial charge in [-0.15, -0.1) is 0 Å². The van der Waals surface area contributed by atoms with Crippen LogP contribution in [0.4, 0.5) is 4.39 Å². The van der Waals surface area contributed by atoms with Gasteiger partial charge in [-0.3, -0.25) is 14.4 Å². The normalized spacial score (nSPS) is 15.0. The molecule has 7 nitrogen and oxygen atoms in total. The molecule has 3 amide bonds. The highest BCUT2D eigenvalue weighted by molar-refractivity contribution is 5.98. The summed E-state index contributed by atoms with van der Waals surface area (Å²) in [7, 11) is 1.59. The van der Waals surface area contributed by atoms with Crippen LogP contribution in [0.25, 0.3) is 0 Å². The van der Waals surface area contributed by atoms with E-state index in [0.717, 1.165) is 5.56 Å². The molecule has 2 N–H and O–H groups in total. The molecule has 1 saturated heterocycles. The summed E-state index contributed by atoms with van der Waals surface area (Å²) in [6.07, 6.45) is 1.73. The summed E-state index contributed by atoms with van der Waals surface area (Å²) in [5.41, 5.74) is 1.61. The van der Waals surface area contributed by atoms with Gasteiger partial charge in [-0.1, -0.05) is 29.8 Å². The van der Waals surface area contributed by atoms with Gasteiger partial charge in [0.2, 0.25) is 5.91 Å². The molecule has 0 radical (unpaired) electrons. The van der Waals surface area contributed by atoms with Crippen LogP contribution in [0.1, 0.15) is 45.5 Å². The third kappa shape index (κ3) is 6.63. The first-order valence-electron chi connectivity index (χ1n) is 11.6. The molecule has 1 atom stereocenters. The number of halogens is 1. The average molecular weight is 470 g/mol. The Morgan fingerprint density at radius 2 is 1.76 bits per heavy atom. The Labute approximate surface area is 199 Å². The molecule has 0 saturated carbocycles. The molecule has 0 spiro atoms. The number of ether oxygens (including phenoxy) is 1. The molecule has 0 bridgehead atoms. The van der Waals surface area contributed by atoms with Crippen molar-refractivity contribution >= 4 is 17.7 Å². The van der Waals surface area contributed by atoms with E-state index in [1.807, 2.05) is 31.2 Å². The van der Waals surface area contributed by atoms with Crippen molar-refractivity contribution in [1.82, 2.24) is 15.5 Å². The fourth-order valence-electron chi connectivity index (χ4n) is 4.11. The number of benzene rings is 2. The van der Waals surface area contributed by atoms with E-state index in [1.165, 1.54) is 18.2 Å². The molecule has 0 aliphatic carbocycles. The van der Waals surface area contributed by atoms with Gasteiger partial charge in [-0.25, -0.2) is 4.39 Å². The molecule has 182 valence electrons. The van der Waals surface area contributed by atoms with Crippen molar-refractivity contribution in [2.24, 2.45) is 5.92 Å². The van der Waals surface area contributed by atoms with Gasteiger partial charge in [0.05, 0.1) is 5.56 Å². The van der Waals surface area contributed by atoms with E-state index in [4.69, 9.17) is 4.74 Å². The highest BCUT2D eigenvalue weighted by Gasteiger charge is 2.34. The molecule has 0 unspecified atom stereocenters. The Kier molecular flexibility index (Phi) is 9.16. The van der Waals surface area contributed by atoms with Crippen LogP contribution in [-0.2, 0) is 9.53 Å². The number of rotatable bonds is 9. The van der Waals surface area contributed by atoms with Crippen molar-refractivity contribution in [3.63, 3.8) is 0 Å². The predicted octanol–water partition coefficient (Wildman–Crippen LogP) is 2.94. The molecule has 1 heterocycles. The first kappa shape index (κ1) is 25.4. The van der Waals surface area contributed by atoms with Crippen LogP contribution < -0.4 is 10.6 Å². The highest BCUT2D eigenvalue weighted by Crippen LogP contribution is 2.23. The molecule has 3 rings (SSSR count). The van der Waals surface area contributed by atoms with Gasteiger partial charge in [-0.05, 0) is 56.4 Å². The molecule has 2 aromatic rings. The third-order valence-electron chi connectivity index (χ3n) is 6.11. The minimum Gasteiger partial charge on any atom is -0.385 e. The van der Waals surface area contributed by atoms with Crippen molar-refractivity contribution in [3.05, 3.63) is 71.0 Å². The highest BCUT2D eigenvalue weighted by atomic mass is 19.1. The number of carbonyl (C=O) groups is 3. The van der Waals surface area contributed by atoms with Crippen LogP contribution in [0, 0.1) is 18.7 Å². The number of likely N-dealkylation sites (tertiary alicyclic amines) is 1. The van der Waals surface area contributed by atoms with E-state index in [9.17, 15) is 18.8 Å². The summed E-state index contributed by atoms with van der Waals surface area (Å²) in [4.78, 5) is 40.4. The molecule has 8 heteroatoms. The van der Waals surface area contributed by atoms with Crippen LogP contribution in [-0.4, -0.2) is 62.0 Å². The molecule has 2 aromatic carbocycles. The molecule has 1 fully saturated rings. The van der Waals surface area contributed by atoms with Crippen LogP contribution in [0.15, 0.2) is 48.5 Å². The number of nitrogens with one attached hydrogen (secondary N) is 2. The van der Waals surface area contributed by atoms with Crippen LogP contribution in [0.3, 0.4) is 0 Å². The summed E-state index contributed by atoms with van der Waals surface area (Å²) in [6, 6.07) is 12.3. The lowest BCUT2D eigenvalue weighted by Crippen LogP contribution is -2.54. The average Bonchev–Trinajstić information content (AvgIpc) is 2.85. The zero-order valence-electron chi connectivity index (χ0n) is 19.7. The zero-order chi connectivity index (χ0) is 24.5. The summed E-state index contributed by atoms with van der Waals surface area (Å²) < 4.78 is 19.1. The van der Waals surface area contributed by atoms with Crippen molar-refractivity contribution in [2.75, 3.05) is 33.4 Å². The SMILES string of the molecule is COCCCNC(=O)[C@@H](NC(=O)c1ccccc1F)C1CCN(C(=O)c2ccc(C)cc2)CC1. The number of piperidine rings is 1. The van der Waals surface area contributed by atoms with E-state index in [1.54, 1.807) is 18.1 Å². The molecule has 0 aromatic heterocycles. The third-order valence-corrected chi connectivity index (χ3v) is 6.11. The van der Waals surface area contributed by atoms with Gasteiger partial charge in [0.1, 0.15) is 11.9 Å². The second-order valence-electron chi connectivity index (χ2n) is 8.56. The molecular formula is C26H32FN3O4. The quantitative estimate of drug-likeness (QED) is 0.553. The Bertz CT molecular complexity index is 988. The fourth-order valence-corrected chi connectivity index (χ4v) is 4.11. The Morgan fingerprint density at radius 3 is 2.41 bits per heavy atom. The number of hydrogen-bond acceptors (Lipinski definition) is 4. The van der Waals surface area contributed by atoms with Crippen LogP contribution in [0.2, 0.25) is 0 Å². The lowest BCUT2D eigenvalue weighted by Gasteiger charge is -2.36. The van der Waals surface area contributed by atoms with Gasteiger partial charge < -0.3 is 20.3 Å². The number of amides is 3. The lowest BCUT2D eigenvalue weighted by atomic mass is 9.88. The van der Waals surface area contributed by atoms with E-state index in [0.29, 0.717) is 51.1 Å². The van der Waals surface area contributed by atoms with E-state index < -0.39 is 17.8 Å². The maximum absolute atomic E-state index is 14.1. The van der Waals surface area contributed by atoms with Crippen molar-refractivity contribution in [1.29, 1.82) is 0 Å². The summed E-state index contributed by atoms with van der Waals surface area (Å²) in [5.74, 6) is -1.82. The van der Waals surface area contributed by atoms with Gasteiger partial charge in [0.25, 0.3) is 11.8 Å². The maximum Gasteiger partial charge on any atom is 0.254 e. The molecular weight excluding hydrogens is 437 g/mol. The Morgan fingerprint density at radius 1 is 1.09 bits per heavy atom. The standard InChI is InChI=1S/C26H32FN3O4/c1-18-8-10-20(11-9-18)26(33)30-15-12-19(13-16-30)23(25(32)28-14-5-17-34-2)29-24(31)21-6-3-4-7-22(21)27/h3-4,6-11,19,23H,5,12-17H2,1-2H3,(H,28,32)(H,29,31)/t23-/m0/s1. The van der Waals surface area contributed by atoms with Gasteiger partial charge >= 0.3 is 0 Å².